The summed E-state index contributed by atoms with van der Waals surface area (Å²) in [7, 11) is 1.96. The molecule has 1 saturated heterocycles. The van der Waals surface area contributed by atoms with E-state index in [1.54, 1.807) is 0 Å². The smallest absolute Gasteiger partial charge is 0.0823 e. The standard InChI is InChI=1S/C9H15N3O/c1-12-8(2-4-11-12)3-5-13-9-6-10-7-9/h2,4,9-10H,3,5-7H2,1H3. The summed E-state index contributed by atoms with van der Waals surface area (Å²) in [6, 6.07) is 2.03. The molecule has 0 spiro atoms. The summed E-state index contributed by atoms with van der Waals surface area (Å²) in [4.78, 5) is 0. The van der Waals surface area contributed by atoms with Crippen molar-refractivity contribution in [3.63, 3.8) is 0 Å². The van der Waals surface area contributed by atoms with E-state index < -0.39 is 0 Å². The van der Waals surface area contributed by atoms with E-state index in [0.717, 1.165) is 26.1 Å². The fourth-order valence-corrected chi connectivity index (χ4v) is 1.36. The van der Waals surface area contributed by atoms with E-state index in [9.17, 15) is 0 Å². The Kier molecular flexibility index (Phi) is 2.61. The fourth-order valence-electron chi connectivity index (χ4n) is 1.36. The number of nitrogens with zero attached hydrogens (tertiary/aromatic N) is 2. The van der Waals surface area contributed by atoms with Crippen molar-refractivity contribution in [3.8, 4) is 0 Å². The molecule has 0 unspecified atom stereocenters. The van der Waals surface area contributed by atoms with Crippen LogP contribution in [0.15, 0.2) is 12.3 Å². The van der Waals surface area contributed by atoms with Gasteiger partial charge in [0, 0.05) is 38.4 Å². The molecular weight excluding hydrogens is 166 g/mol. The average molecular weight is 181 g/mol. The van der Waals surface area contributed by atoms with Gasteiger partial charge in [-0.15, -0.1) is 0 Å². The van der Waals surface area contributed by atoms with Crippen LogP contribution in [0.25, 0.3) is 0 Å². The molecule has 72 valence electrons. The van der Waals surface area contributed by atoms with Gasteiger partial charge in [0.1, 0.15) is 0 Å². The molecule has 4 nitrogen and oxygen atoms in total. The highest BCUT2D eigenvalue weighted by atomic mass is 16.5. The van der Waals surface area contributed by atoms with Crippen molar-refractivity contribution in [1.82, 2.24) is 15.1 Å². The zero-order valence-electron chi connectivity index (χ0n) is 7.86. The molecule has 0 atom stereocenters. The lowest BCUT2D eigenvalue weighted by Crippen LogP contribution is -2.48. The Morgan fingerprint density at radius 1 is 1.69 bits per heavy atom. The number of aryl methyl sites for hydroxylation is 1. The molecule has 2 rings (SSSR count). The van der Waals surface area contributed by atoms with E-state index in [1.165, 1.54) is 5.69 Å². The summed E-state index contributed by atoms with van der Waals surface area (Å²) in [6.45, 7) is 2.81. The van der Waals surface area contributed by atoms with Crippen molar-refractivity contribution >= 4 is 0 Å². The fraction of sp³-hybridized carbons (Fsp3) is 0.667. The molecule has 4 heteroatoms. The van der Waals surface area contributed by atoms with Gasteiger partial charge in [0.05, 0.1) is 12.7 Å². The lowest BCUT2D eigenvalue weighted by atomic mass is 10.2. The molecule has 1 aromatic rings. The molecule has 0 bridgehead atoms. The molecule has 1 fully saturated rings. The first-order valence-electron chi connectivity index (χ1n) is 4.65. The lowest BCUT2D eigenvalue weighted by Gasteiger charge is -2.27. The summed E-state index contributed by atoms with van der Waals surface area (Å²) >= 11 is 0. The Labute approximate surface area is 77.9 Å². The zero-order valence-corrected chi connectivity index (χ0v) is 7.86. The Balaban J connectivity index is 1.70. The van der Waals surface area contributed by atoms with E-state index in [2.05, 4.69) is 10.4 Å². The van der Waals surface area contributed by atoms with Crippen molar-refractivity contribution in [1.29, 1.82) is 0 Å². The molecule has 1 N–H and O–H groups in total. The average Bonchev–Trinajstić information content (AvgIpc) is 2.42. The molecule has 0 aromatic carbocycles. The molecule has 1 aliphatic heterocycles. The molecule has 0 saturated carbocycles. The third-order valence-electron chi connectivity index (χ3n) is 2.38. The van der Waals surface area contributed by atoms with Crippen LogP contribution in [0.3, 0.4) is 0 Å². The second-order valence-corrected chi connectivity index (χ2v) is 3.35. The molecule has 0 amide bonds. The summed E-state index contributed by atoms with van der Waals surface area (Å²) in [5.74, 6) is 0. The van der Waals surface area contributed by atoms with Crippen molar-refractivity contribution in [2.75, 3.05) is 19.7 Å². The number of hydrogen-bond acceptors (Lipinski definition) is 3. The highest BCUT2D eigenvalue weighted by Crippen LogP contribution is 2.02. The molecule has 0 aliphatic carbocycles. The van der Waals surface area contributed by atoms with Crippen molar-refractivity contribution in [2.24, 2.45) is 7.05 Å². The lowest BCUT2D eigenvalue weighted by molar-refractivity contribution is 0.0202. The van der Waals surface area contributed by atoms with E-state index >= 15 is 0 Å². The number of hydrogen-bond donors (Lipinski definition) is 1. The van der Waals surface area contributed by atoms with E-state index in [1.807, 2.05) is 24.0 Å². The number of nitrogens with one attached hydrogen (secondary N) is 1. The maximum Gasteiger partial charge on any atom is 0.0823 e. The summed E-state index contributed by atoms with van der Waals surface area (Å²) < 4.78 is 7.49. The van der Waals surface area contributed by atoms with Crippen molar-refractivity contribution < 1.29 is 4.74 Å². The predicted molar refractivity (Wildman–Crippen MR) is 49.5 cm³/mol. The Hall–Kier alpha value is -0.870. The van der Waals surface area contributed by atoms with E-state index in [-0.39, 0.29) is 0 Å². The van der Waals surface area contributed by atoms with Crippen LogP contribution in [0.5, 0.6) is 0 Å². The quantitative estimate of drug-likeness (QED) is 0.708. The van der Waals surface area contributed by atoms with Gasteiger partial charge in [0.25, 0.3) is 0 Å². The third kappa shape index (κ3) is 2.08. The molecule has 0 radical (unpaired) electrons. The van der Waals surface area contributed by atoms with Crippen LogP contribution in [0.2, 0.25) is 0 Å². The highest BCUT2D eigenvalue weighted by molar-refractivity contribution is 4.99. The van der Waals surface area contributed by atoms with Gasteiger partial charge in [-0.2, -0.15) is 5.10 Å². The number of aromatic nitrogens is 2. The van der Waals surface area contributed by atoms with Gasteiger partial charge >= 0.3 is 0 Å². The van der Waals surface area contributed by atoms with Crippen LogP contribution in [-0.4, -0.2) is 35.6 Å². The van der Waals surface area contributed by atoms with Crippen LogP contribution < -0.4 is 5.32 Å². The first-order valence-corrected chi connectivity index (χ1v) is 4.65. The largest absolute Gasteiger partial charge is 0.375 e. The summed E-state index contributed by atoms with van der Waals surface area (Å²) in [6.07, 6.45) is 3.21. The van der Waals surface area contributed by atoms with E-state index in [4.69, 9.17) is 4.74 Å². The number of ether oxygens (including phenoxy) is 1. The predicted octanol–water partition coefficient (Wildman–Crippen LogP) is -0.0490. The van der Waals surface area contributed by atoms with Crippen LogP contribution in [0.1, 0.15) is 5.69 Å². The van der Waals surface area contributed by atoms with Gasteiger partial charge in [-0.1, -0.05) is 0 Å². The van der Waals surface area contributed by atoms with Crippen molar-refractivity contribution in [2.45, 2.75) is 12.5 Å². The van der Waals surface area contributed by atoms with Gasteiger partial charge in [-0.05, 0) is 6.07 Å². The topological polar surface area (TPSA) is 39.1 Å². The SMILES string of the molecule is Cn1nccc1CCOC1CNC1. The minimum atomic E-state index is 0.438. The highest BCUT2D eigenvalue weighted by Gasteiger charge is 2.16. The molecule has 1 aromatic heterocycles. The zero-order chi connectivity index (χ0) is 9.10. The Bertz CT molecular complexity index is 268. The van der Waals surface area contributed by atoms with Gasteiger partial charge in [0.15, 0.2) is 0 Å². The molecular formula is C9H15N3O. The first kappa shape index (κ1) is 8.72. The second-order valence-electron chi connectivity index (χ2n) is 3.35. The van der Waals surface area contributed by atoms with Gasteiger partial charge in [-0.3, -0.25) is 4.68 Å². The second kappa shape index (κ2) is 3.89. The normalized spacial score (nSPS) is 17.3. The van der Waals surface area contributed by atoms with Crippen LogP contribution in [0.4, 0.5) is 0 Å². The summed E-state index contributed by atoms with van der Waals surface area (Å²) in [5.41, 5.74) is 1.23. The molecule has 1 aliphatic rings. The van der Waals surface area contributed by atoms with Crippen molar-refractivity contribution in [3.05, 3.63) is 18.0 Å². The Morgan fingerprint density at radius 2 is 2.54 bits per heavy atom. The third-order valence-corrected chi connectivity index (χ3v) is 2.38. The van der Waals surface area contributed by atoms with Gasteiger partial charge in [0.2, 0.25) is 0 Å². The number of rotatable bonds is 4. The van der Waals surface area contributed by atoms with Gasteiger partial charge < -0.3 is 10.1 Å². The Morgan fingerprint density at radius 3 is 3.08 bits per heavy atom. The first-order chi connectivity index (χ1) is 6.36. The minimum absolute atomic E-state index is 0.438. The van der Waals surface area contributed by atoms with Crippen LogP contribution >= 0.6 is 0 Å². The minimum Gasteiger partial charge on any atom is -0.375 e. The summed E-state index contributed by atoms with van der Waals surface area (Å²) in [5, 5.41) is 7.27. The van der Waals surface area contributed by atoms with E-state index in [0.29, 0.717) is 6.10 Å². The van der Waals surface area contributed by atoms with Crippen LogP contribution in [0, 0.1) is 0 Å². The monoisotopic (exact) mass is 181 g/mol. The maximum absolute atomic E-state index is 5.60. The maximum atomic E-state index is 5.60. The van der Waals surface area contributed by atoms with Crippen LogP contribution in [-0.2, 0) is 18.2 Å². The van der Waals surface area contributed by atoms with Gasteiger partial charge in [-0.25, -0.2) is 0 Å². The molecule has 2 heterocycles. The molecule has 13 heavy (non-hydrogen) atoms.